The van der Waals surface area contributed by atoms with Crippen molar-refractivity contribution in [2.75, 3.05) is 18.6 Å². The van der Waals surface area contributed by atoms with Crippen LogP contribution in [-0.4, -0.2) is 27.0 Å². The van der Waals surface area contributed by atoms with Crippen LogP contribution in [0.3, 0.4) is 0 Å². The van der Waals surface area contributed by atoms with E-state index in [1.165, 1.54) is 21.6 Å². The molecule has 0 spiro atoms. The third kappa shape index (κ3) is 5.08. The van der Waals surface area contributed by atoms with Crippen molar-refractivity contribution in [2.45, 2.75) is 33.7 Å². The second kappa shape index (κ2) is 6.17. The highest BCUT2D eigenvalue weighted by molar-refractivity contribution is 7.90. The first kappa shape index (κ1) is 15.7. The van der Waals surface area contributed by atoms with Gasteiger partial charge in [0.1, 0.15) is 9.84 Å². The van der Waals surface area contributed by atoms with Gasteiger partial charge in [-0.1, -0.05) is 6.92 Å². The van der Waals surface area contributed by atoms with E-state index in [1.807, 2.05) is 6.92 Å². The van der Waals surface area contributed by atoms with Gasteiger partial charge in [0.2, 0.25) is 0 Å². The maximum Gasteiger partial charge on any atom is 0.147 e. The van der Waals surface area contributed by atoms with E-state index in [4.69, 9.17) is 0 Å². The van der Waals surface area contributed by atoms with Crippen LogP contribution in [0.2, 0.25) is 0 Å². The van der Waals surface area contributed by atoms with Crippen molar-refractivity contribution in [3.8, 4) is 0 Å². The van der Waals surface area contributed by atoms with Crippen LogP contribution in [-0.2, 0) is 9.84 Å². The summed E-state index contributed by atoms with van der Waals surface area (Å²) >= 11 is 1.81. The fourth-order valence-electron chi connectivity index (χ4n) is 2.14. The Morgan fingerprint density at radius 1 is 1.33 bits per heavy atom. The van der Waals surface area contributed by atoms with E-state index in [0.717, 1.165) is 6.54 Å². The van der Waals surface area contributed by atoms with Crippen molar-refractivity contribution in [1.82, 2.24) is 5.32 Å². The van der Waals surface area contributed by atoms with Gasteiger partial charge in [0.25, 0.3) is 0 Å². The summed E-state index contributed by atoms with van der Waals surface area (Å²) in [7, 11) is -2.88. The van der Waals surface area contributed by atoms with E-state index in [-0.39, 0.29) is 17.7 Å². The molecule has 2 atom stereocenters. The highest BCUT2D eigenvalue weighted by atomic mass is 32.2. The lowest BCUT2D eigenvalue weighted by Crippen LogP contribution is -2.28. The van der Waals surface area contributed by atoms with E-state index >= 15 is 0 Å². The minimum absolute atomic E-state index is 0.141. The highest BCUT2D eigenvalue weighted by Gasteiger charge is 2.14. The standard InChI is InChI=1S/C13H23NO2S2/c1-9(8-18(5,15)16)7-14-11(3)13-6-10(2)17-12(13)4/h6,9,11,14H,7-8H2,1-5H3/t9-,11+/m1/s1. The zero-order valence-electron chi connectivity index (χ0n) is 11.8. The minimum Gasteiger partial charge on any atom is -0.310 e. The predicted octanol–water partition coefficient (Wildman–Crippen LogP) is 2.70. The summed E-state index contributed by atoms with van der Waals surface area (Å²) < 4.78 is 22.4. The molecule has 104 valence electrons. The number of thiophene rings is 1. The maximum absolute atomic E-state index is 11.2. The summed E-state index contributed by atoms with van der Waals surface area (Å²) in [6.45, 7) is 9.06. The topological polar surface area (TPSA) is 46.2 Å². The molecule has 0 radical (unpaired) electrons. The van der Waals surface area contributed by atoms with Crippen LogP contribution >= 0.6 is 11.3 Å². The Morgan fingerprint density at radius 3 is 2.39 bits per heavy atom. The smallest absolute Gasteiger partial charge is 0.147 e. The molecule has 0 fully saturated rings. The van der Waals surface area contributed by atoms with Crippen molar-refractivity contribution in [3.63, 3.8) is 0 Å². The van der Waals surface area contributed by atoms with Gasteiger partial charge in [-0.3, -0.25) is 0 Å². The fraction of sp³-hybridized carbons (Fsp3) is 0.692. The average molecular weight is 289 g/mol. The van der Waals surface area contributed by atoms with Crippen LogP contribution in [0.5, 0.6) is 0 Å². The van der Waals surface area contributed by atoms with Crippen molar-refractivity contribution in [2.24, 2.45) is 5.92 Å². The van der Waals surface area contributed by atoms with E-state index in [9.17, 15) is 8.42 Å². The van der Waals surface area contributed by atoms with Crippen molar-refractivity contribution < 1.29 is 8.42 Å². The number of hydrogen-bond acceptors (Lipinski definition) is 4. The van der Waals surface area contributed by atoms with Crippen LogP contribution in [0, 0.1) is 19.8 Å². The number of hydrogen-bond donors (Lipinski definition) is 1. The molecule has 0 aliphatic carbocycles. The average Bonchev–Trinajstić information content (AvgIpc) is 2.52. The predicted molar refractivity (Wildman–Crippen MR) is 79.1 cm³/mol. The SMILES string of the molecule is Cc1cc([C@H](C)NC[C@@H](C)CS(C)(=O)=O)c(C)s1. The Balaban J connectivity index is 2.51. The fourth-order valence-corrected chi connectivity index (χ4v) is 4.32. The molecule has 0 bridgehead atoms. The Hall–Kier alpha value is -0.390. The van der Waals surface area contributed by atoms with Crippen LogP contribution in [0.4, 0.5) is 0 Å². The van der Waals surface area contributed by atoms with E-state index in [2.05, 4.69) is 32.2 Å². The first-order valence-electron chi connectivity index (χ1n) is 6.17. The van der Waals surface area contributed by atoms with Crippen molar-refractivity contribution in [1.29, 1.82) is 0 Å². The van der Waals surface area contributed by atoms with Gasteiger partial charge >= 0.3 is 0 Å². The van der Waals surface area contributed by atoms with Gasteiger partial charge in [-0.15, -0.1) is 11.3 Å². The molecule has 0 aliphatic heterocycles. The number of rotatable bonds is 6. The third-order valence-corrected chi connectivity index (χ3v) is 5.06. The molecule has 1 aromatic heterocycles. The normalized spacial score (nSPS) is 15.6. The summed E-state index contributed by atoms with van der Waals surface area (Å²) in [6, 6.07) is 2.48. The van der Waals surface area contributed by atoms with Crippen LogP contribution in [0.1, 0.15) is 35.2 Å². The molecule has 0 unspecified atom stereocenters. The molecule has 1 N–H and O–H groups in total. The van der Waals surface area contributed by atoms with Gasteiger partial charge < -0.3 is 5.32 Å². The third-order valence-electron chi connectivity index (χ3n) is 2.91. The number of aryl methyl sites for hydroxylation is 2. The largest absolute Gasteiger partial charge is 0.310 e. The summed E-state index contributed by atoms with van der Waals surface area (Å²) in [4.78, 5) is 2.66. The van der Waals surface area contributed by atoms with Gasteiger partial charge in [-0.2, -0.15) is 0 Å². The molecule has 1 heterocycles. The van der Waals surface area contributed by atoms with Gasteiger partial charge in [0, 0.05) is 22.1 Å². The molecule has 1 aromatic rings. The van der Waals surface area contributed by atoms with E-state index in [0.29, 0.717) is 0 Å². The Bertz CT molecular complexity index is 491. The molecule has 5 heteroatoms. The van der Waals surface area contributed by atoms with Crippen molar-refractivity contribution >= 4 is 21.2 Å². The number of nitrogens with one attached hydrogen (secondary N) is 1. The molecule has 1 rings (SSSR count). The zero-order chi connectivity index (χ0) is 13.9. The van der Waals surface area contributed by atoms with Gasteiger partial charge in [0.05, 0.1) is 5.75 Å². The van der Waals surface area contributed by atoms with Crippen LogP contribution in [0.25, 0.3) is 0 Å². The summed E-state index contributed by atoms with van der Waals surface area (Å²) in [5, 5.41) is 3.42. The summed E-state index contributed by atoms with van der Waals surface area (Å²) in [5.74, 6) is 0.386. The molecule has 0 saturated carbocycles. The molecule has 0 saturated heterocycles. The monoisotopic (exact) mass is 289 g/mol. The Labute approximate surface area is 115 Å². The maximum atomic E-state index is 11.2. The molecule has 3 nitrogen and oxygen atoms in total. The lowest BCUT2D eigenvalue weighted by atomic mass is 10.1. The van der Waals surface area contributed by atoms with E-state index in [1.54, 1.807) is 11.3 Å². The summed E-state index contributed by atoms with van der Waals surface area (Å²) in [6.07, 6.45) is 1.29. The first-order valence-corrected chi connectivity index (χ1v) is 9.04. The molecule has 18 heavy (non-hydrogen) atoms. The molecule has 0 aromatic carbocycles. The first-order chi connectivity index (χ1) is 8.19. The van der Waals surface area contributed by atoms with Crippen molar-refractivity contribution in [3.05, 3.63) is 21.4 Å². The lowest BCUT2D eigenvalue weighted by Gasteiger charge is -2.17. The second-order valence-electron chi connectivity index (χ2n) is 5.20. The molecule has 0 amide bonds. The quantitative estimate of drug-likeness (QED) is 0.876. The lowest BCUT2D eigenvalue weighted by molar-refractivity contribution is 0.491. The van der Waals surface area contributed by atoms with Gasteiger partial charge in [0.15, 0.2) is 0 Å². The van der Waals surface area contributed by atoms with E-state index < -0.39 is 9.84 Å². The van der Waals surface area contributed by atoms with Gasteiger partial charge in [-0.25, -0.2) is 8.42 Å². The zero-order valence-corrected chi connectivity index (χ0v) is 13.4. The second-order valence-corrected chi connectivity index (χ2v) is 8.84. The molecular formula is C13H23NO2S2. The van der Waals surface area contributed by atoms with Crippen LogP contribution < -0.4 is 5.32 Å². The number of sulfone groups is 1. The Kier molecular flexibility index (Phi) is 5.37. The Morgan fingerprint density at radius 2 is 1.94 bits per heavy atom. The van der Waals surface area contributed by atoms with Gasteiger partial charge in [-0.05, 0) is 44.9 Å². The highest BCUT2D eigenvalue weighted by Crippen LogP contribution is 2.26. The molecule has 0 aliphatic rings. The molecular weight excluding hydrogens is 266 g/mol. The summed E-state index contributed by atoms with van der Waals surface area (Å²) in [5.41, 5.74) is 1.32. The minimum atomic E-state index is -2.88. The van der Waals surface area contributed by atoms with Crippen LogP contribution in [0.15, 0.2) is 6.07 Å².